The minimum atomic E-state index is 0.112. The molecule has 4 heterocycles. The fraction of sp³-hybridized carbons (Fsp3) is 0.286. The van der Waals surface area contributed by atoms with Crippen LogP contribution < -0.4 is 10.9 Å². The molecule has 27 heavy (non-hydrogen) atoms. The summed E-state index contributed by atoms with van der Waals surface area (Å²) in [6.45, 7) is 2.52. The summed E-state index contributed by atoms with van der Waals surface area (Å²) in [6.07, 6.45) is 2.93. The molecule has 136 valence electrons. The summed E-state index contributed by atoms with van der Waals surface area (Å²) in [5.74, 6) is 0.809. The number of rotatable bonds is 1. The second kappa shape index (κ2) is 6.46. The Bertz CT molecular complexity index is 1090. The van der Waals surface area contributed by atoms with Crippen molar-refractivity contribution in [2.75, 3.05) is 18.4 Å². The normalized spacial score (nSPS) is 21.0. The average Bonchev–Trinajstić information content (AvgIpc) is 2.68. The Morgan fingerprint density at radius 3 is 2.96 bits per heavy atom. The van der Waals surface area contributed by atoms with Crippen molar-refractivity contribution in [3.63, 3.8) is 0 Å². The van der Waals surface area contributed by atoms with Crippen LogP contribution in [-0.2, 0) is 6.54 Å². The van der Waals surface area contributed by atoms with Gasteiger partial charge in [0.1, 0.15) is 0 Å². The number of nitrogens with zero attached hydrogens (tertiary/aromatic N) is 3. The first-order valence-corrected chi connectivity index (χ1v) is 9.69. The molecule has 0 saturated carbocycles. The Labute approximate surface area is 162 Å². The number of thiocarbonyl (C=S) groups is 1. The quantitative estimate of drug-likeness (QED) is 0.661. The van der Waals surface area contributed by atoms with Gasteiger partial charge < -0.3 is 14.8 Å². The summed E-state index contributed by atoms with van der Waals surface area (Å²) >= 11 is 5.71. The van der Waals surface area contributed by atoms with Crippen LogP contribution in [0, 0.1) is 5.92 Å². The standard InChI is InChI=1S/C21H20N4OS/c26-20-5-1-4-19-16-9-14(12-25(19)20)11-24(13-16)21(27)23-17-6-7-18-15(10-17)3-2-8-22-18/h1-8,10,14,16H,9,11-13H2,(H,23,27)/t14-,16-/m1/s1. The van der Waals surface area contributed by atoms with Gasteiger partial charge in [-0.05, 0) is 54.9 Å². The lowest BCUT2D eigenvalue weighted by molar-refractivity contribution is 0.180. The molecule has 1 fully saturated rings. The van der Waals surface area contributed by atoms with Gasteiger partial charge in [-0.1, -0.05) is 12.1 Å². The predicted molar refractivity (Wildman–Crippen MR) is 111 cm³/mol. The van der Waals surface area contributed by atoms with Gasteiger partial charge in [-0.15, -0.1) is 0 Å². The summed E-state index contributed by atoms with van der Waals surface area (Å²) in [6, 6.07) is 15.7. The second-order valence-electron chi connectivity index (χ2n) is 7.44. The van der Waals surface area contributed by atoms with Crippen molar-refractivity contribution in [3.8, 4) is 0 Å². The first-order chi connectivity index (χ1) is 13.2. The molecule has 2 aliphatic rings. The van der Waals surface area contributed by atoms with Crippen LogP contribution in [0.25, 0.3) is 10.9 Å². The zero-order valence-electron chi connectivity index (χ0n) is 14.8. The maximum Gasteiger partial charge on any atom is 0.250 e. The summed E-state index contributed by atoms with van der Waals surface area (Å²) in [7, 11) is 0. The summed E-state index contributed by atoms with van der Waals surface area (Å²) in [4.78, 5) is 18.8. The van der Waals surface area contributed by atoms with E-state index < -0.39 is 0 Å². The highest BCUT2D eigenvalue weighted by Gasteiger charge is 2.35. The van der Waals surface area contributed by atoms with Gasteiger partial charge in [0.2, 0.25) is 0 Å². The van der Waals surface area contributed by atoms with Gasteiger partial charge in [-0.3, -0.25) is 9.78 Å². The zero-order chi connectivity index (χ0) is 18.4. The third kappa shape index (κ3) is 3.00. The summed E-state index contributed by atoms with van der Waals surface area (Å²) in [5.41, 5.74) is 3.21. The Kier molecular flexibility index (Phi) is 3.93. The maximum absolute atomic E-state index is 12.2. The molecular formula is C21H20N4OS. The van der Waals surface area contributed by atoms with Crippen LogP contribution in [0.15, 0.2) is 59.5 Å². The highest BCUT2D eigenvalue weighted by atomic mass is 32.1. The van der Waals surface area contributed by atoms with E-state index in [9.17, 15) is 4.79 Å². The van der Waals surface area contributed by atoms with E-state index in [1.807, 2.05) is 28.8 Å². The molecule has 2 aliphatic heterocycles. The molecule has 0 radical (unpaired) electrons. The number of anilines is 1. The molecule has 2 atom stereocenters. The number of hydrogen-bond donors (Lipinski definition) is 1. The Morgan fingerprint density at radius 2 is 2.04 bits per heavy atom. The van der Waals surface area contributed by atoms with E-state index in [2.05, 4.69) is 33.4 Å². The van der Waals surface area contributed by atoms with E-state index >= 15 is 0 Å². The van der Waals surface area contributed by atoms with Gasteiger partial charge in [0, 0.05) is 54.6 Å². The van der Waals surface area contributed by atoms with Crippen LogP contribution in [0.3, 0.4) is 0 Å². The molecule has 2 aromatic heterocycles. The van der Waals surface area contributed by atoms with Gasteiger partial charge >= 0.3 is 0 Å². The zero-order valence-corrected chi connectivity index (χ0v) is 15.7. The number of hydrogen-bond acceptors (Lipinski definition) is 3. The van der Waals surface area contributed by atoms with E-state index in [4.69, 9.17) is 12.2 Å². The molecule has 2 bridgehead atoms. The fourth-order valence-electron chi connectivity index (χ4n) is 4.42. The molecule has 3 aromatic rings. The Balaban J connectivity index is 1.36. The van der Waals surface area contributed by atoms with Crippen molar-refractivity contribution in [2.45, 2.75) is 18.9 Å². The summed E-state index contributed by atoms with van der Waals surface area (Å²) in [5, 5.41) is 5.23. The van der Waals surface area contributed by atoms with Crippen LogP contribution in [0.1, 0.15) is 18.0 Å². The number of aromatic nitrogens is 2. The number of nitrogens with one attached hydrogen (secondary N) is 1. The summed E-state index contributed by atoms with van der Waals surface area (Å²) < 4.78 is 1.95. The predicted octanol–water partition coefficient (Wildman–Crippen LogP) is 3.21. The highest BCUT2D eigenvalue weighted by Crippen LogP contribution is 2.35. The van der Waals surface area contributed by atoms with Crippen molar-refractivity contribution in [1.29, 1.82) is 0 Å². The minimum Gasteiger partial charge on any atom is -0.348 e. The van der Waals surface area contributed by atoms with Crippen LogP contribution >= 0.6 is 12.2 Å². The van der Waals surface area contributed by atoms with E-state index in [1.165, 1.54) is 0 Å². The Morgan fingerprint density at radius 1 is 1.11 bits per heavy atom. The number of piperidine rings is 1. The highest BCUT2D eigenvalue weighted by molar-refractivity contribution is 7.80. The number of pyridine rings is 2. The lowest BCUT2D eigenvalue weighted by Crippen LogP contribution is -2.50. The SMILES string of the molecule is O=c1cccc2n1C[C@@H]1C[C@@H]2CN(C(=S)Nc2ccc3ncccc3c2)C1. The van der Waals surface area contributed by atoms with Crippen LogP contribution in [-0.4, -0.2) is 32.7 Å². The van der Waals surface area contributed by atoms with E-state index in [0.717, 1.165) is 53.5 Å². The van der Waals surface area contributed by atoms with Crippen LogP contribution in [0.2, 0.25) is 0 Å². The molecule has 0 spiro atoms. The van der Waals surface area contributed by atoms with E-state index in [-0.39, 0.29) is 5.56 Å². The van der Waals surface area contributed by atoms with Gasteiger partial charge in [0.25, 0.3) is 5.56 Å². The van der Waals surface area contributed by atoms with Crippen molar-refractivity contribution in [1.82, 2.24) is 14.5 Å². The van der Waals surface area contributed by atoms with Crippen molar-refractivity contribution >= 4 is 33.9 Å². The molecule has 1 saturated heterocycles. The molecule has 5 rings (SSSR count). The first kappa shape index (κ1) is 16.4. The molecule has 1 N–H and O–H groups in total. The maximum atomic E-state index is 12.2. The third-order valence-electron chi connectivity index (χ3n) is 5.62. The number of fused-ring (bicyclic) bond motifs is 5. The lowest BCUT2D eigenvalue weighted by atomic mass is 9.83. The topological polar surface area (TPSA) is 50.2 Å². The van der Waals surface area contributed by atoms with Crippen LogP contribution in [0.5, 0.6) is 0 Å². The number of benzene rings is 1. The largest absolute Gasteiger partial charge is 0.348 e. The second-order valence-corrected chi connectivity index (χ2v) is 7.83. The van der Waals surface area contributed by atoms with Crippen molar-refractivity contribution < 1.29 is 0 Å². The van der Waals surface area contributed by atoms with Gasteiger partial charge in [0.15, 0.2) is 5.11 Å². The van der Waals surface area contributed by atoms with E-state index in [1.54, 1.807) is 12.3 Å². The molecule has 6 heteroatoms. The monoisotopic (exact) mass is 376 g/mol. The molecular weight excluding hydrogens is 356 g/mol. The Hall–Kier alpha value is -2.73. The van der Waals surface area contributed by atoms with Gasteiger partial charge in [-0.25, -0.2) is 0 Å². The van der Waals surface area contributed by atoms with Crippen LogP contribution in [0.4, 0.5) is 5.69 Å². The lowest BCUT2D eigenvalue weighted by Gasteiger charge is -2.43. The molecule has 0 aliphatic carbocycles. The molecule has 0 unspecified atom stereocenters. The molecule has 0 amide bonds. The van der Waals surface area contributed by atoms with Crippen molar-refractivity contribution in [3.05, 3.63) is 70.8 Å². The molecule has 1 aromatic carbocycles. The van der Waals surface area contributed by atoms with Gasteiger partial charge in [-0.2, -0.15) is 0 Å². The van der Waals surface area contributed by atoms with E-state index in [0.29, 0.717) is 11.8 Å². The third-order valence-corrected chi connectivity index (χ3v) is 5.98. The number of likely N-dealkylation sites (tertiary alicyclic amines) is 1. The smallest absolute Gasteiger partial charge is 0.250 e. The van der Waals surface area contributed by atoms with Gasteiger partial charge in [0.05, 0.1) is 5.52 Å². The fourth-order valence-corrected chi connectivity index (χ4v) is 4.69. The molecule has 5 nitrogen and oxygen atoms in total. The average molecular weight is 376 g/mol. The minimum absolute atomic E-state index is 0.112. The van der Waals surface area contributed by atoms with Crippen molar-refractivity contribution in [2.24, 2.45) is 5.92 Å². The first-order valence-electron chi connectivity index (χ1n) is 9.28.